The van der Waals surface area contributed by atoms with Crippen LogP contribution in [0.2, 0.25) is 0 Å². The van der Waals surface area contributed by atoms with E-state index < -0.39 is 46.7 Å². The van der Waals surface area contributed by atoms with Gasteiger partial charge in [0, 0.05) is 17.6 Å². The van der Waals surface area contributed by atoms with Gasteiger partial charge in [0.15, 0.2) is 0 Å². The largest absolute Gasteiger partial charge is 0.459 e. The van der Waals surface area contributed by atoms with E-state index in [2.05, 4.69) is 15.9 Å². The van der Waals surface area contributed by atoms with Gasteiger partial charge < -0.3 is 4.74 Å². The van der Waals surface area contributed by atoms with Crippen LogP contribution in [0.15, 0.2) is 32.3 Å². The van der Waals surface area contributed by atoms with Gasteiger partial charge in [-0.1, -0.05) is 0 Å². The highest BCUT2D eigenvalue weighted by Crippen LogP contribution is 2.28. The predicted octanol–water partition coefficient (Wildman–Crippen LogP) is 3.02. The summed E-state index contributed by atoms with van der Waals surface area (Å²) >= 11 is 2.97. The number of ether oxygens (including phenoxy) is 1. The normalized spacial score (nSPS) is 11.7. The summed E-state index contributed by atoms with van der Waals surface area (Å²) in [6, 6.07) is 1.85. The van der Waals surface area contributed by atoms with E-state index >= 15 is 0 Å². The summed E-state index contributed by atoms with van der Waals surface area (Å²) in [6.45, 7) is 3.15. The van der Waals surface area contributed by atoms with Crippen molar-refractivity contribution in [3.63, 3.8) is 0 Å². The van der Waals surface area contributed by atoms with Crippen LogP contribution in [0.4, 0.5) is 17.6 Å². The Kier molecular flexibility index (Phi) is 5.64. The van der Waals surface area contributed by atoms with Crippen LogP contribution >= 0.6 is 15.9 Å². The maximum atomic E-state index is 14.4. The van der Waals surface area contributed by atoms with Crippen molar-refractivity contribution in [2.24, 2.45) is 7.05 Å². The molecule has 1 heterocycles. The molecule has 27 heavy (non-hydrogen) atoms. The van der Waals surface area contributed by atoms with Crippen molar-refractivity contribution in [1.29, 1.82) is 0 Å². The Morgan fingerprint density at radius 2 is 1.78 bits per heavy atom. The van der Waals surface area contributed by atoms with Crippen molar-refractivity contribution in [2.45, 2.75) is 26.1 Å². The zero-order valence-electron chi connectivity index (χ0n) is 14.2. The standard InChI is InChI=1S/C16H13BrF4N2O4/c1-7(2)27-14(25)8-4-11(10(18)5-9(8)17)23-13(24)6-12(16(19,20)21)22(3)15(23)26/h4-7H,1-3H3. The number of carbonyl (C=O) groups is 1. The number of rotatable bonds is 3. The summed E-state index contributed by atoms with van der Waals surface area (Å²) in [5.74, 6) is -1.96. The lowest BCUT2D eigenvalue weighted by Gasteiger charge is -2.15. The van der Waals surface area contributed by atoms with E-state index in [0.717, 1.165) is 19.2 Å². The highest BCUT2D eigenvalue weighted by Gasteiger charge is 2.35. The number of nitrogens with zero attached hydrogens (tertiary/aromatic N) is 2. The Morgan fingerprint density at radius 3 is 2.30 bits per heavy atom. The maximum Gasteiger partial charge on any atom is 0.431 e. The highest BCUT2D eigenvalue weighted by molar-refractivity contribution is 9.10. The lowest BCUT2D eigenvalue weighted by atomic mass is 10.2. The topological polar surface area (TPSA) is 70.3 Å². The second-order valence-corrected chi connectivity index (χ2v) is 6.63. The molecule has 1 aromatic heterocycles. The fourth-order valence-electron chi connectivity index (χ4n) is 2.26. The number of hydrogen-bond donors (Lipinski definition) is 0. The quantitative estimate of drug-likeness (QED) is 0.530. The third-order valence-corrected chi connectivity index (χ3v) is 4.11. The Labute approximate surface area is 158 Å². The first-order chi connectivity index (χ1) is 12.3. The van der Waals surface area contributed by atoms with E-state index in [9.17, 15) is 31.9 Å². The van der Waals surface area contributed by atoms with Crippen LogP contribution < -0.4 is 11.2 Å². The fraction of sp³-hybridized carbons (Fsp3) is 0.312. The van der Waals surface area contributed by atoms with Gasteiger partial charge in [-0.2, -0.15) is 13.2 Å². The van der Waals surface area contributed by atoms with Gasteiger partial charge in [0.2, 0.25) is 0 Å². The molecule has 2 aromatic rings. The molecule has 0 N–H and O–H groups in total. The molecule has 0 amide bonds. The van der Waals surface area contributed by atoms with Gasteiger partial charge in [0.1, 0.15) is 11.5 Å². The minimum absolute atomic E-state index is 0.00816. The molecule has 0 aliphatic heterocycles. The lowest BCUT2D eigenvalue weighted by Crippen LogP contribution is -2.41. The van der Waals surface area contributed by atoms with Crippen LogP contribution in [0, 0.1) is 5.82 Å². The van der Waals surface area contributed by atoms with Crippen LogP contribution in [0.3, 0.4) is 0 Å². The van der Waals surface area contributed by atoms with Gasteiger partial charge in [-0.15, -0.1) is 0 Å². The molecule has 0 unspecified atom stereocenters. The number of benzene rings is 1. The first-order valence-corrected chi connectivity index (χ1v) is 8.24. The van der Waals surface area contributed by atoms with Crippen LogP contribution in [0.5, 0.6) is 0 Å². The highest BCUT2D eigenvalue weighted by atomic mass is 79.9. The Balaban J connectivity index is 2.76. The molecule has 0 saturated heterocycles. The van der Waals surface area contributed by atoms with Crippen LogP contribution in [0.25, 0.3) is 5.69 Å². The van der Waals surface area contributed by atoms with Gasteiger partial charge in [-0.3, -0.25) is 9.36 Å². The SMILES string of the molecule is CC(C)OC(=O)c1cc(-n2c(=O)cc(C(F)(F)F)n(C)c2=O)c(F)cc1Br. The number of aromatic nitrogens is 2. The molecular formula is C16H13BrF4N2O4. The monoisotopic (exact) mass is 452 g/mol. The van der Waals surface area contributed by atoms with E-state index in [1.54, 1.807) is 13.8 Å². The number of hydrogen-bond acceptors (Lipinski definition) is 4. The second kappa shape index (κ2) is 7.29. The van der Waals surface area contributed by atoms with E-state index in [1.807, 2.05) is 0 Å². The van der Waals surface area contributed by atoms with Gasteiger partial charge >= 0.3 is 17.8 Å². The average molecular weight is 453 g/mol. The molecule has 6 nitrogen and oxygen atoms in total. The Bertz CT molecular complexity index is 1020. The van der Waals surface area contributed by atoms with Gasteiger partial charge in [-0.25, -0.2) is 18.5 Å². The number of halogens is 5. The summed E-state index contributed by atoms with van der Waals surface area (Å²) in [6.07, 6.45) is -5.45. The molecule has 0 spiro atoms. The molecule has 11 heteroatoms. The minimum atomic E-state index is -4.95. The predicted molar refractivity (Wildman–Crippen MR) is 90.5 cm³/mol. The molecule has 1 aromatic carbocycles. The molecule has 0 aliphatic rings. The average Bonchev–Trinajstić information content (AvgIpc) is 2.50. The van der Waals surface area contributed by atoms with Crippen molar-refractivity contribution in [1.82, 2.24) is 9.13 Å². The van der Waals surface area contributed by atoms with Gasteiger partial charge in [-0.05, 0) is 41.9 Å². The zero-order valence-corrected chi connectivity index (χ0v) is 15.8. The summed E-state index contributed by atoms with van der Waals surface area (Å²) < 4.78 is 58.5. The van der Waals surface area contributed by atoms with Gasteiger partial charge in [0.25, 0.3) is 5.56 Å². The van der Waals surface area contributed by atoms with Gasteiger partial charge in [0.05, 0.1) is 17.4 Å². The summed E-state index contributed by atoms with van der Waals surface area (Å²) in [5.41, 5.74) is -5.16. The smallest absolute Gasteiger partial charge is 0.431 e. The second-order valence-electron chi connectivity index (χ2n) is 5.78. The van der Waals surface area contributed by atoms with Crippen molar-refractivity contribution in [2.75, 3.05) is 0 Å². The van der Waals surface area contributed by atoms with E-state index in [-0.39, 0.29) is 25.2 Å². The minimum Gasteiger partial charge on any atom is -0.459 e. The molecule has 0 radical (unpaired) electrons. The van der Waals surface area contributed by atoms with Crippen molar-refractivity contribution in [3.05, 3.63) is 60.6 Å². The number of alkyl halides is 3. The number of carbonyl (C=O) groups excluding carboxylic acids is 1. The summed E-state index contributed by atoms with van der Waals surface area (Å²) in [7, 11) is 0.797. The van der Waals surface area contributed by atoms with E-state index in [0.29, 0.717) is 0 Å². The molecule has 0 saturated carbocycles. The van der Waals surface area contributed by atoms with E-state index in [1.165, 1.54) is 0 Å². The van der Waals surface area contributed by atoms with Crippen molar-refractivity contribution < 1.29 is 27.1 Å². The zero-order chi connectivity index (χ0) is 20.7. The van der Waals surface area contributed by atoms with Crippen LogP contribution in [0.1, 0.15) is 29.9 Å². The molecule has 146 valence electrons. The lowest BCUT2D eigenvalue weighted by molar-refractivity contribution is -0.144. The van der Waals surface area contributed by atoms with Crippen molar-refractivity contribution >= 4 is 21.9 Å². The summed E-state index contributed by atoms with van der Waals surface area (Å²) in [5, 5.41) is 0. The molecule has 0 bridgehead atoms. The molecule has 2 rings (SSSR count). The molecule has 0 fully saturated rings. The van der Waals surface area contributed by atoms with E-state index in [4.69, 9.17) is 4.74 Å². The Morgan fingerprint density at radius 1 is 1.19 bits per heavy atom. The maximum absolute atomic E-state index is 14.4. The fourth-order valence-corrected chi connectivity index (χ4v) is 2.74. The first-order valence-electron chi connectivity index (χ1n) is 7.45. The van der Waals surface area contributed by atoms with Crippen LogP contribution in [-0.4, -0.2) is 21.2 Å². The molecule has 0 aliphatic carbocycles. The molecule has 0 atom stereocenters. The Hall–Kier alpha value is -2.43. The first kappa shape index (κ1) is 20.9. The van der Waals surface area contributed by atoms with Crippen LogP contribution in [-0.2, 0) is 18.0 Å². The number of esters is 1. The van der Waals surface area contributed by atoms with Crippen molar-refractivity contribution in [3.8, 4) is 5.69 Å². The summed E-state index contributed by atoms with van der Waals surface area (Å²) in [4.78, 5) is 36.5. The third-order valence-electron chi connectivity index (χ3n) is 3.45. The third kappa shape index (κ3) is 4.12. The molecular weight excluding hydrogens is 440 g/mol.